The molecule has 62 heavy (non-hydrogen) atoms. The van der Waals surface area contributed by atoms with Crippen LogP contribution in [0.15, 0.2) is 84.9 Å². The summed E-state index contributed by atoms with van der Waals surface area (Å²) >= 11 is 0. The van der Waals surface area contributed by atoms with Crippen LogP contribution in [0.5, 0.6) is 11.5 Å². The highest BCUT2D eigenvalue weighted by molar-refractivity contribution is 7.91. The monoisotopic (exact) mass is 877 g/mol. The van der Waals surface area contributed by atoms with E-state index in [-0.39, 0.29) is 31.5 Å². The molecule has 1 saturated heterocycles. The predicted molar refractivity (Wildman–Crippen MR) is 223 cm³/mol. The van der Waals surface area contributed by atoms with Crippen molar-refractivity contribution in [3.8, 4) is 22.8 Å². The standard InChI is InChI=1S/C45H47F4N5O7S/c1-43(17-18-43)62(58,59)53-42(57)44-25-28(44)13-9-4-3-5-10-14-35(50-31-20-29(45(47,48)49)19-30(46)21-31)41(56)54-26-33(23-38(54)40(55)52-44)61-39-24-36(27-11-7-6-8-12-27)51-37-22-32(60-2)15-16-34(37)39/h6-9,11-13,15-16,19-22,24,28,33,35,38,50H,3-5,10,14,17-18,23,25-26H2,1-2H3,(H,52,55)(H,53,57)/b13-9-/t28-,33-,35+,38+,44-/m1/s1. The van der Waals surface area contributed by atoms with E-state index in [1.54, 1.807) is 37.3 Å². The molecule has 3 N–H and O–H groups in total. The van der Waals surface area contributed by atoms with Gasteiger partial charge in [-0.25, -0.2) is 17.8 Å². The van der Waals surface area contributed by atoms with E-state index in [4.69, 9.17) is 14.5 Å². The maximum atomic E-state index is 14.8. The highest BCUT2D eigenvalue weighted by Gasteiger charge is 2.63. The lowest BCUT2D eigenvalue weighted by Gasteiger charge is -2.30. The number of alkyl halides is 3. The summed E-state index contributed by atoms with van der Waals surface area (Å²) < 4.78 is 95.7. The fourth-order valence-corrected chi connectivity index (χ4v) is 9.63. The molecule has 4 aromatic rings. The van der Waals surface area contributed by atoms with E-state index in [1.807, 2.05) is 36.4 Å². The van der Waals surface area contributed by atoms with E-state index in [0.29, 0.717) is 72.7 Å². The Morgan fingerprint density at radius 3 is 2.50 bits per heavy atom. The molecule has 1 aromatic heterocycles. The van der Waals surface area contributed by atoms with Crippen molar-refractivity contribution in [3.05, 3.63) is 96.3 Å². The van der Waals surface area contributed by atoms with Gasteiger partial charge in [0.1, 0.15) is 41.0 Å². The Bertz CT molecular complexity index is 2530. The van der Waals surface area contributed by atoms with Crippen LogP contribution in [0.1, 0.15) is 70.3 Å². The van der Waals surface area contributed by atoms with E-state index in [0.717, 1.165) is 17.7 Å². The van der Waals surface area contributed by atoms with E-state index in [2.05, 4.69) is 15.4 Å². The summed E-state index contributed by atoms with van der Waals surface area (Å²) in [5.74, 6) is -2.99. The molecule has 0 spiro atoms. The molecule has 0 unspecified atom stereocenters. The van der Waals surface area contributed by atoms with Crippen molar-refractivity contribution < 1.29 is 49.8 Å². The maximum Gasteiger partial charge on any atom is 0.416 e. The molecular weight excluding hydrogens is 831 g/mol. The lowest BCUT2D eigenvalue weighted by atomic mass is 10.0. The first-order valence-corrected chi connectivity index (χ1v) is 22.2. The van der Waals surface area contributed by atoms with Crippen LogP contribution >= 0.6 is 0 Å². The lowest BCUT2D eigenvalue weighted by molar-refractivity contribution is -0.140. The minimum absolute atomic E-state index is 0.0717. The van der Waals surface area contributed by atoms with Crippen molar-refractivity contribution in [2.24, 2.45) is 5.92 Å². The van der Waals surface area contributed by atoms with Crippen LogP contribution in [0.2, 0.25) is 0 Å². The van der Waals surface area contributed by atoms with Crippen molar-refractivity contribution >= 4 is 44.3 Å². The Kier molecular flexibility index (Phi) is 11.5. The number of benzene rings is 3. The minimum atomic E-state index is -4.86. The molecule has 3 aromatic carbocycles. The van der Waals surface area contributed by atoms with Gasteiger partial charge in [0, 0.05) is 41.1 Å². The molecule has 3 fully saturated rings. The number of methoxy groups -OCH3 is 1. The van der Waals surface area contributed by atoms with Crippen LogP contribution in [0.3, 0.4) is 0 Å². The van der Waals surface area contributed by atoms with E-state index in [9.17, 15) is 40.4 Å². The molecule has 2 aliphatic heterocycles. The number of hydrogen-bond acceptors (Lipinski definition) is 9. The third-order valence-electron chi connectivity index (χ3n) is 12.4. The van der Waals surface area contributed by atoms with Gasteiger partial charge in [-0.2, -0.15) is 13.2 Å². The largest absolute Gasteiger partial charge is 0.497 e. The first-order chi connectivity index (χ1) is 29.5. The summed E-state index contributed by atoms with van der Waals surface area (Å²) in [4.78, 5) is 49.6. The Hall–Kier alpha value is -5.71. The van der Waals surface area contributed by atoms with Crippen LogP contribution < -0.4 is 24.8 Å². The summed E-state index contributed by atoms with van der Waals surface area (Å²) in [5.41, 5.74) is -1.20. The highest BCUT2D eigenvalue weighted by Crippen LogP contribution is 2.48. The number of allylic oxidation sites excluding steroid dienone is 1. The molecule has 2 saturated carbocycles. The number of carbonyl (C=O) groups is 3. The van der Waals surface area contributed by atoms with Gasteiger partial charge in [-0.1, -0.05) is 55.3 Å². The average Bonchev–Trinajstić information content (AvgIpc) is 4.12. The third kappa shape index (κ3) is 8.81. The number of sulfonamides is 1. The molecule has 3 heterocycles. The SMILES string of the molecule is COc1ccc2c(O[C@@H]3C[C@H]4C(=O)N[C@]5(C(=O)NS(=O)(=O)C6(C)CC6)C[C@H]5/C=C\CCCCC[C@H](Nc5cc(F)cc(C(F)(F)F)c5)C(=O)N4C3)cc(-c3ccccc3)nc2c1. The number of nitrogens with zero attached hydrogens (tertiary/aromatic N) is 2. The van der Waals surface area contributed by atoms with Gasteiger partial charge in [-0.05, 0) is 75.8 Å². The molecule has 4 aliphatic rings. The first kappa shape index (κ1) is 43.0. The summed E-state index contributed by atoms with van der Waals surface area (Å²) in [5, 5.41) is 6.31. The maximum absolute atomic E-state index is 14.8. The molecule has 0 bridgehead atoms. The fraction of sp³-hybridized carbons (Fsp3) is 0.422. The average molecular weight is 878 g/mol. The Labute approximate surface area is 356 Å². The fourth-order valence-electron chi connectivity index (χ4n) is 8.32. The number of pyridine rings is 1. The summed E-state index contributed by atoms with van der Waals surface area (Å²) in [7, 11) is -2.54. The van der Waals surface area contributed by atoms with Gasteiger partial charge in [-0.15, -0.1) is 0 Å². The molecular formula is C45H47F4N5O7S. The molecule has 12 nitrogen and oxygen atoms in total. The van der Waals surface area contributed by atoms with Gasteiger partial charge in [0.25, 0.3) is 5.91 Å². The second-order valence-electron chi connectivity index (χ2n) is 16.9. The lowest BCUT2D eigenvalue weighted by Crippen LogP contribution is -2.58. The van der Waals surface area contributed by atoms with Gasteiger partial charge in [0.05, 0.1) is 35.2 Å². The number of nitrogens with one attached hydrogen (secondary N) is 3. The minimum Gasteiger partial charge on any atom is -0.497 e. The Balaban J connectivity index is 1.15. The number of aromatic nitrogens is 1. The summed E-state index contributed by atoms with van der Waals surface area (Å²) in [6, 6.07) is 15.9. The number of ether oxygens (including phenoxy) is 2. The van der Waals surface area contributed by atoms with Crippen molar-refractivity contribution in [1.29, 1.82) is 0 Å². The third-order valence-corrected chi connectivity index (χ3v) is 14.5. The highest BCUT2D eigenvalue weighted by atomic mass is 32.2. The zero-order valence-corrected chi connectivity index (χ0v) is 35.0. The van der Waals surface area contributed by atoms with Crippen molar-refractivity contribution in [2.45, 2.75) is 99.4 Å². The van der Waals surface area contributed by atoms with Gasteiger partial charge >= 0.3 is 6.18 Å². The number of halogens is 4. The van der Waals surface area contributed by atoms with Crippen LogP contribution in [-0.2, 0) is 30.6 Å². The van der Waals surface area contributed by atoms with Crippen LogP contribution in [0.25, 0.3) is 22.2 Å². The van der Waals surface area contributed by atoms with Crippen molar-refractivity contribution in [1.82, 2.24) is 19.9 Å². The Morgan fingerprint density at radius 2 is 1.77 bits per heavy atom. The molecule has 3 amide bonds. The number of carbonyl (C=O) groups excluding carboxylic acids is 3. The van der Waals surface area contributed by atoms with Gasteiger partial charge in [-0.3, -0.25) is 19.1 Å². The van der Waals surface area contributed by atoms with Gasteiger partial charge < -0.3 is 25.0 Å². The van der Waals surface area contributed by atoms with Crippen molar-refractivity contribution in [2.75, 3.05) is 19.0 Å². The first-order valence-electron chi connectivity index (χ1n) is 20.7. The zero-order valence-electron chi connectivity index (χ0n) is 34.1. The molecule has 5 atom stereocenters. The van der Waals surface area contributed by atoms with Gasteiger partial charge in [0.15, 0.2) is 0 Å². The molecule has 8 rings (SSSR count). The summed E-state index contributed by atoms with van der Waals surface area (Å²) in [6.45, 7) is 1.40. The van der Waals surface area contributed by atoms with E-state index < -0.39 is 79.7 Å². The molecule has 328 valence electrons. The number of anilines is 1. The molecule has 0 radical (unpaired) electrons. The van der Waals surface area contributed by atoms with Crippen LogP contribution in [-0.4, -0.2) is 78.2 Å². The van der Waals surface area contributed by atoms with E-state index in [1.165, 1.54) is 12.0 Å². The van der Waals surface area contributed by atoms with Crippen LogP contribution in [0, 0.1) is 11.7 Å². The Morgan fingerprint density at radius 1 is 1.00 bits per heavy atom. The predicted octanol–water partition coefficient (Wildman–Crippen LogP) is 7.29. The quantitative estimate of drug-likeness (QED) is 0.116. The zero-order chi connectivity index (χ0) is 44.0. The van der Waals surface area contributed by atoms with Gasteiger partial charge in [0.2, 0.25) is 21.8 Å². The van der Waals surface area contributed by atoms with Crippen LogP contribution in [0.4, 0.5) is 23.2 Å². The second kappa shape index (κ2) is 16.5. The summed E-state index contributed by atoms with van der Waals surface area (Å²) in [6.07, 6.45) is 1.27. The molecule has 2 aliphatic carbocycles. The number of rotatable bonds is 9. The normalized spacial score (nSPS) is 25.6. The topological polar surface area (TPSA) is 156 Å². The van der Waals surface area contributed by atoms with Crippen molar-refractivity contribution in [3.63, 3.8) is 0 Å². The number of fused-ring (bicyclic) bond motifs is 3. The van der Waals surface area contributed by atoms with E-state index >= 15 is 0 Å². The number of hydrogen-bond donors (Lipinski definition) is 3. The second-order valence-corrected chi connectivity index (χ2v) is 19.1. The molecule has 17 heteroatoms. The smallest absolute Gasteiger partial charge is 0.416 e. The number of amides is 3.